The van der Waals surface area contributed by atoms with Crippen molar-refractivity contribution >= 4 is 34.0 Å². The molecule has 1 aromatic carbocycles. The van der Waals surface area contributed by atoms with Crippen LogP contribution in [0.2, 0.25) is 0 Å². The van der Waals surface area contributed by atoms with Crippen molar-refractivity contribution in [1.29, 1.82) is 0 Å². The molecule has 0 spiro atoms. The first-order valence-electron chi connectivity index (χ1n) is 11.5. The fourth-order valence-corrected chi connectivity index (χ4v) is 5.02. The third-order valence-electron chi connectivity index (χ3n) is 6.34. The number of nitrogens with two attached hydrogens (primary N) is 1. The van der Waals surface area contributed by atoms with E-state index in [1.54, 1.807) is 21.3 Å². The Balaban J connectivity index is 1.72. The van der Waals surface area contributed by atoms with Crippen molar-refractivity contribution in [1.82, 2.24) is 24.6 Å². The standard InChI is InChI=1S/C26H22F2N6O3S/c1-4-21(35)33-8-7-14(11-33)34-25-16(18-12-38-13-31-18)10-30-26(29)22(25)17(32-34)6-5-15-23(27)19(36-2)9-20(37-3)24(15)28/h4,9-10,12-14H,1,7-8,11H2,2-3H3,(H2,29,30)/t14-/m0/s1. The molecule has 0 unspecified atom stereocenters. The molecule has 2 N–H and O–H groups in total. The van der Waals surface area contributed by atoms with Gasteiger partial charge in [0.1, 0.15) is 17.1 Å². The Bertz CT molecular complexity index is 1600. The van der Waals surface area contributed by atoms with Gasteiger partial charge in [0.2, 0.25) is 5.91 Å². The predicted octanol–water partition coefficient (Wildman–Crippen LogP) is 3.79. The molecule has 0 aliphatic carbocycles. The summed E-state index contributed by atoms with van der Waals surface area (Å²) < 4.78 is 41.7. The Morgan fingerprint density at radius 1 is 1.24 bits per heavy atom. The van der Waals surface area contributed by atoms with Crippen LogP contribution in [0.1, 0.15) is 23.7 Å². The molecule has 1 atom stereocenters. The summed E-state index contributed by atoms with van der Waals surface area (Å²) in [6.07, 6.45) is 3.50. The van der Waals surface area contributed by atoms with Crippen molar-refractivity contribution < 1.29 is 23.0 Å². The zero-order chi connectivity index (χ0) is 27.0. The molecule has 12 heteroatoms. The van der Waals surface area contributed by atoms with E-state index in [-0.39, 0.29) is 35.0 Å². The minimum absolute atomic E-state index is 0.149. The predicted molar refractivity (Wildman–Crippen MR) is 139 cm³/mol. The first kappa shape index (κ1) is 25.2. The number of halogens is 2. The number of ether oxygens (including phenoxy) is 2. The lowest BCUT2D eigenvalue weighted by atomic mass is 10.1. The van der Waals surface area contributed by atoms with E-state index in [4.69, 9.17) is 20.3 Å². The Morgan fingerprint density at radius 2 is 1.97 bits per heavy atom. The number of fused-ring (bicyclic) bond motifs is 1. The van der Waals surface area contributed by atoms with Gasteiger partial charge < -0.3 is 20.1 Å². The zero-order valence-electron chi connectivity index (χ0n) is 20.5. The number of benzene rings is 1. The molecular weight excluding hydrogens is 514 g/mol. The fraction of sp³-hybridized carbons (Fsp3) is 0.231. The molecule has 1 aliphatic rings. The summed E-state index contributed by atoms with van der Waals surface area (Å²) >= 11 is 1.42. The van der Waals surface area contributed by atoms with Gasteiger partial charge in [-0.15, -0.1) is 11.3 Å². The molecule has 4 heterocycles. The number of amides is 1. The Kier molecular flexibility index (Phi) is 6.69. The molecule has 3 aromatic heterocycles. The maximum atomic E-state index is 15.0. The van der Waals surface area contributed by atoms with E-state index in [2.05, 4.69) is 28.4 Å². The molecule has 194 valence electrons. The van der Waals surface area contributed by atoms with Gasteiger partial charge >= 0.3 is 0 Å². The molecule has 4 aromatic rings. The van der Waals surface area contributed by atoms with Crippen LogP contribution >= 0.6 is 11.3 Å². The lowest BCUT2D eigenvalue weighted by Gasteiger charge is -2.16. The molecular formula is C26H22F2N6O3S. The second kappa shape index (κ2) is 10.1. The van der Waals surface area contributed by atoms with E-state index < -0.39 is 17.2 Å². The van der Waals surface area contributed by atoms with Gasteiger partial charge in [0.05, 0.1) is 42.4 Å². The van der Waals surface area contributed by atoms with Gasteiger partial charge in [-0.1, -0.05) is 12.5 Å². The summed E-state index contributed by atoms with van der Waals surface area (Å²) in [5.41, 5.74) is 9.59. The maximum absolute atomic E-state index is 15.0. The minimum Gasteiger partial charge on any atom is -0.493 e. The molecule has 0 bridgehead atoms. The van der Waals surface area contributed by atoms with Crippen LogP contribution in [0, 0.1) is 23.5 Å². The number of nitrogens with zero attached hydrogens (tertiary/aromatic N) is 5. The highest BCUT2D eigenvalue weighted by molar-refractivity contribution is 7.07. The Labute approximate surface area is 220 Å². The summed E-state index contributed by atoms with van der Waals surface area (Å²) in [7, 11) is 2.52. The summed E-state index contributed by atoms with van der Waals surface area (Å²) in [6.45, 7) is 4.48. The van der Waals surface area contributed by atoms with E-state index in [9.17, 15) is 13.6 Å². The quantitative estimate of drug-likeness (QED) is 0.305. The number of rotatable bonds is 5. The second-order valence-corrected chi connectivity index (χ2v) is 9.13. The van der Waals surface area contributed by atoms with Gasteiger partial charge in [0, 0.05) is 36.3 Å². The highest BCUT2D eigenvalue weighted by atomic mass is 32.1. The number of hydrogen-bond donors (Lipinski definition) is 1. The van der Waals surface area contributed by atoms with Gasteiger partial charge in [0.15, 0.2) is 23.1 Å². The van der Waals surface area contributed by atoms with Gasteiger partial charge in [-0.3, -0.25) is 9.48 Å². The second-order valence-electron chi connectivity index (χ2n) is 8.41. The smallest absolute Gasteiger partial charge is 0.246 e. The minimum atomic E-state index is -0.967. The fourth-order valence-electron chi connectivity index (χ4n) is 4.47. The number of aromatic nitrogens is 4. The first-order valence-corrected chi connectivity index (χ1v) is 12.4. The lowest BCUT2D eigenvalue weighted by Crippen LogP contribution is -2.27. The molecule has 1 fully saturated rings. The van der Waals surface area contributed by atoms with Gasteiger partial charge in [-0.25, -0.2) is 18.7 Å². The van der Waals surface area contributed by atoms with Gasteiger partial charge in [-0.2, -0.15) is 5.10 Å². The number of pyridine rings is 1. The highest BCUT2D eigenvalue weighted by Gasteiger charge is 2.30. The van der Waals surface area contributed by atoms with E-state index >= 15 is 0 Å². The number of likely N-dealkylation sites (tertiary alicyclic amines) is 1. The number of anilines is 1. The lowest BCUT2D eigenvalue weighted by molar-refractivity contribution is -0.125. The monoisotopic (exact) mass is 536 g/mol. The summed E-state index contributed by atoms with van der Waals surface area (Å²) in [5, 5.41) is 7.00. The number of carbonyl (C=O) groups is 1. The van der Waals surface area contributed by atoms with Gasteiger partial charge in [0.25, 0.3) is 0 Å². The third kappa shape index (κ3) is 4.20. The maximum Gasteiger partial charge on any atom is 0.246 e. The number of hydrogen-bond acceptors (Lipinski definition) is 8. The molecule has 38 heavy (non-hydrogen) atoms. The van der Waals surface area contributed by atoms with Crippen LogP contribution in [0.5, 0.6) is 11.5 Å². The van der Waals surface area contributed by atoms with Crippen molar-refractivity contribution in [3.8, 4) is 34.6 Å². The normalized spacial score (nSPS) is 14.8. The largest absolute Gasteiger partial charge is 0.493 e. The molecule has 1 aliphatic heterocycles. The molecule has 1 saturated heterocycles. The highest BCUT2D eigenvalue weighted by Crippen LogP contribution is 2.36. The zero-order valence-corrected chi connectivity index (χ0v) is 21.3. The number of nitrogen functional groups attached to an aromatic ring is 1. The van der Waals surface area contributed by atoms with E-state index in [1.165, 1.54) is 31.6 Å². The Hall–Kier alpha value is -4.50. The van der Waals surface area contributed by atoms with Crippen LogP contribution < -0.4 is 15.2 Å². The van der Waals surface area contributed by atoms with Crippen LogP contribution in [-0.4, -0.2) is 57.9 Å². The molecule has 1 amide bonds. The van der Waals surface area contributed by atoms with E-state index in [1.807, 2.05) is 5.38 Å². The summed E-state index contributed by atoms with van der Waals surface area (Å²) in [5.74, 6) is 2.94. The third-order valence-corrected chi connectivity index (χ3v) is 6.92. The number of carbonyl (C=O) groups excluding carboxylic acids is 1. The van der Waals surface area contributed by atoms with Crippen molar-refractivity contribution in [3.05, 3.63) is 58.7 Å². The van der Waals surface area contributed by atoms with Gasteiger partial charge in [-0.05, 0) is 18.4 Å². The van der Waals surface area contributed by atoms with Crippen LogP contribution in [-0.2, 0) is 4.79 Å². The molecule has 0 radical (unpaired) electrons. The average molecular weight is 537 g/mol. The summed E-state index contributed by atoms with van der Waals surface area (Å²) in [4.78, 5) is 22.6. The van der Waals surface area contributed by atoms with E-state index in [0.29, 0.717) is 41.7 Å². The Morgan fingerprint density at radius 3 is 2.61 bits per heavy atom. The molecule has 5 rings (SSSR count). The number of methoxy groups -OCH3 is 2. The van der Waals surface area contributed by atoms with Crippen molar-refractivity contribution in [2.75, 3.05) is 33.0 Å². The SMILES string of the molecule is C=CC(=O)N1CC[C@H](n2nc(C#Cc3c(F)c(OC)cc(OC)c3F)c3c(N)ncc(-c4cscn4)c32)C1. The summed E-state index contributed by atoms with van der Waals surface area (Å²) in [6, 6.07) is 0.903. The number of thiazole rings is 1. The van der Waals surface area contributed by atoms with Crippen molar-refractivity contribution in [2.45, 2.75) is 12.5 Å². The molecule has 0 saturated carbocycles. The van der Waals surface area contributed by atoms with Crippen LogP contribution in [0.3, 0.4) is 0 Å². The van der Waals surface area contributed by atoms with Crippen LogP contribution in [0.15, 0.2) is 35.8 Å². The average Bonchev–Trinajstić information content (AvgIpc) is 3.69. The first-order chi connectivity index (χ1) is 18.4. The van der Waals surface area contributed by atoms with E-state index in [0.717, 1.165) is 6.07 Å². The topological polar surface area (TPSA) is 108 Å². The van der Waals surface area contributed by atoms with Crippen molar-refractivity contribution in [2.24, 2.45) is 0 Å². The van der Waals surface area contributed by atoms with Crippen molar-refractivity contribution in [3.63, 3.8) is 0 Å². The molecule has 9 nitrogen and oxygen atoms in total. The van der Waals surface area contributed by atoms with Crippen LogP contribution in [0.4, 0.5) is 14.6 Å². The van der Waals surface area contributed by atoms with Crippen LogP contribution in [0.25, 0.3) is 22.2 Å².